The molecule has 3 heteroatoms. The monoisotopic (exact) mass is 242 g/mol. The van der Waals surface area contributed by atoms with E-state index in [0.29, 0.717) is 25.2 Å². The van der Waals surface area contributed by atoms with E-state index in [9.17, 15) is 9.59 Å². The van der Waals surface area contributed by atoms with Crippen molar-refractivity contribution in [3.05, 3.63) is 0 Å². The molecule has 0 saturated carbocycles. The van der Waals surface area contributed by atoms with Gasteiger partial charge in [0.25, 0.3) is 0 Å². The molecule has 2 atom stereocenters. The summed E-state index contributed by atoms with van der Waals surface area (Å²) in [5, 5.41) is 0. The van der Waals surface area contributed by atoms with Crippen LogP contribution in [0.4, 0.5) is 0 Å². The second-order valence-electron chi connectivity index (χ2n) is 5.16. The van der Waals surface area contributed by atoms with Gasteiger partial charge in [0.1, 0.15) is 11.6 Å². The smallest absolute Gasteiger partial charge is 0.136 e. The Morgan fingerprint density at radius 2 is 1.71 bits per heavy atom. The molecule has 0 spiro atoms. The van der Waals surface area contributed by atoms with Crippen LogP contribution in [-0.2, 0) is 14.3 Å². The van der Waals surface area contributed by atoms with Crippen LogP contribution in [0.1, 0.15) is 53.4 Å². The lowest BCUT2D eigenvalue weighted by Gasteiger charge is -2.17. The van der Waals surface area contributed by atoms with Crippen molar-refractivity contribution in [1.82, 2.24) is 0 Å². The summed E-state index contributed by atoms with van der Waals surface area (Å²) in [7, 11) is 1.64. The van der Waals surface area contributed by atoms with E-state index in [1.165, 1.54) is 0 Å². The maximum absolute atomic E-state index is 11.8. The first-order valence-corrected chi connectivity index (χ1v) is 6.47. The van der Waals surface area contributed by atoms with Crippen LogP contribution in [0.25, 0.3) is 0 Å². The molecule has 0 aliphatic heterocycles. The van der Waals surface area contributed by atoms with E-state index in [-0.39, 0.29) is 23.6 Å². The fourth-order valence-electron chi connectivity index (χ4n) is 1.93. The van der Waals surface area contributed by atoms with Crippen molar-refractivity contribution in [2.75, 3.05) is 7.11 Å². The lowest BCUT2D eigenvalue weighted by Crippen LogP contribution is -2.21. The Balaban J connectivity index is 4.10. The Labute approximate surface area is 105 Å². The summed E-state index contributed by atoms with van der Waals surface area (Å²) in [6, 6.07) is 0. The lowest BCUT2D eigenvalue weighted by molar-refractivity contribution is -0.128. The maximum Gasteiger partial charge on any atom is 0.136 e. The molecule has 0 N–H and O–H groups in total. The zero-order valence-corrected chi connectivity index (χ0v) is 11.8. The number of Topliss-reactive ketones (excluding diaryl/α,β-unsaturated/α-hetero) is 2. The molecule has 0 heterocycles. The van der Waals surface area contributed by atoms with Gasteiger partial charge in [-0.1, -0.05) is 27.7 Å². The highest BCUT2D eigenvalue weighted by molar-refractivity contribution is 5.87. The Kier molecular flexibility index (Phi) is 8.05. The fraction of sp³-hybridized carbons (Fsp3) is 0.857. The van der Waals surface area contributed by atoms with Gasteiger partial charge in [0.2, 0.25) is 0 Å². The SMILES string of the molecule is CCC(=O)C(C)CC(=O)CC(CC(C)C)OC. The molecule has 0 aromatic rings. The number of carbonyl (C=O) groups excluding carboxylic acids is 2. The minimum Gasteiger partial charge on any atom is -0.381 e. The van der Waals surface area contributed by atoms with Gasteiger partial charge in [0, 0.05) is 32.3 Å². The zero-order chi connectivity index (χ0) is 13.4. The number of hydrogen-bond donors (Lipinski definition) is 0. The van der Waals surface area contributed by atoms with Gasteiger partial charge in [0.15, 0.2) is 0 Å². The molecule has 0 aromatic heterocycles. The molecular formula is C14H26O3. The number of ketones is 2. The molecule has 100 valence electrons. The number of hydrogen-bond acceptors (Lipinski definition) is 3. The zero-order valence-electron chi connectivity index (χ0n) is 11.8. The highest BCUT2D eigenvalue weighted by Crippen LogP contribution is 2.15. The Morgan fingerprint density at radius 3 is 2.12 bits per heavy atom. The molecule has 0 saturated heterocycles. The summed E-state index contributed by atoms with van der Waals surface area (Å²) >= 11 is 0. The molecule has 0 fully saturated rings. The van der Waals surface area contributed by atoms with Crippen LogP contribution < -0.4 is 0 Å². The van der Waals surface area contributed by atoms with Gasteiger partial charge < -0.3 is 4.74 Å². The van der Waals surface area contributed by atoms with E-state index < -0.39 is 0 Å². The minimum atomic E-state index is -0.149. The largest absolute Gasteiger partial charge is 0.381 e. The summed E-state index contributed by atoms with van der Waals surface area (Å²) in [4.78, 5) is 23.2. The van der Waals surface area contributed by atoms with E-state index in [2.05, 4.69) is 13.8 Å². The van der Waals surface area contributed by atoms with E-state index in [1.807, 2.05) is 13.8 Å². The molecule has 0 radical (unpaired) electrons. The predicted molar refractivity (Wildman–Crippen MR) is 69.0 cm³/mol. The third-order valence-corrected chi connectivity index (χ3v) is 2.95. The predicted octanol–water partition coefficient (Wildman–Crippen LogP) is 3.01. The van der Waals surface area contributed by atoms with Crippen molar-refractivity contribution in [2.24, 2.45) is 11.8 Å². The fourth-order valence-corrected chi connectivity index (χ4v) is 1.93. The van der Waals surface area contributed by atoms with Gasteiger partial charge in [-0.15, -0.1) is 0 Å². The van der Waals surface area contributed by atoms with Gasteiger partial charge in [-0.2, -0.15) is 0 Å². The molecule has 0 amide bonds. The topological polar surface area (TPSA) is 43.4 Å². The lowest BCUT2D eigenvalue weighted by atomic mass is 9.94. The number of rotatable bonds is 9. The highest BCUT2D eigenvalue weighted by Gasteiger charge is 2.19. The van der Waals surface area contributed by atoms with Crippen molar-refractivity contribution in [1.29, 1.82) is 0 Å². The first-order valence-electron chi connectivity index (χ1n) is 6.47. The van der Waals surface area contributed by atoms with Gasteiger partial charge in [-0.05, 0) is 12.3 Å². The second-order valence-corrected chi connectivity index (χ2v) is 5.16. The first kappa shape index (κ1) is 16.3. The maximum atomic E-state index is 11.8. The van der Waals surface area contributed by atoms with Crippen molar-refractivity contribution < 1.29 is 14.3 Å². The normalized spacial score (nSPS) is 14.7. The Hall–Kier alpha value is -0.700. The average Bonchev–Trinajstić information content (AvgIpc) is 2.25. The second kappa shape index (κ2) is 8.40. The van der Waals surface area contributed by atoms with E-state index >= 15 is 0 Å². The molecule has 0 aliphatic carbocycles. The van der Waals surface area contributed by atoms with E-state index in [1.54, 1.807) is 7.11 Å². The molecule has 2 unspecified atom stereocenters. The highest BCUT2D eigenvalue weighted by atomic mass is 16.5. The van der Waals surface area contributed by atoms with Crippen molar-refractivity contribution in [3.63, 3.8) is 0 Å². The average molecular weight is 242 g/mol. The Bertz CT molecular complexity index is 246. The molecule has 3 nitrogen and oxygen atoms in total. The number of ether oxygens (including phenoxy) is 1. The summed E-state index contributed by atoms with van der Waals surface area (Å²) in [6.45, 7) is 7.88. The van der Waals surface area contributed by atoms with Crippen LogP contribution in [0, 0.1) is 11.8 Å². The molecule has 0 aliphatic rings. The summed E-state index contributed by atoms with van der Waals surface area (Å²) in [5.41, 5.74) is 0. The van der Waals surface area contributed by atoms with Crippen LogP contribution in [0.15, 0.2) is 0 Å². The molecule has 17 heavy (non-hydrogen) atoms. The van der Waals surface area contributed by atoms with Crippen LogP contribution in [0.5, 0.6) is 0 Å². The van der Waals surface area contributed by atoms with Crippen LogP contribution in [0.2, 0.25) is 0 Å². The van der Waals surface area contributed by atoms with Crippen molar-refractivity contribution in [2.45, 2.75) is 59.5 Å². The molecule has 0 bridgehead atoms. The number of carbonyl (C=O) groups is 2. The summed E-state index contributed by atoms with van der Waals surface area (Å²) in [6.07, 6.45) is 2.17. The first-order chi connectivity index (χ1) is 7.90. The number of methoxy groups -OCH3 is 1. The van der Waals surface area contributed by atoms with Gasteiger partial charge in [-0.3, -0.25) is 9.59 Å². The third kappa shape index (κ3) is 7.27. The molecule has 0 aromatic carbocycles. The van der Waals surface area contributed by atoms with Crippen molar-refractivity contribution >= 4 is 11.6 Å². The van der Waals surface area contributed by atoms with Gasteiger partial charge >= 0.3 is 0 Å². The van der Waals surface area contributed by atoms with Gasteiger partial charge in [-0.25, -0.2) is 0 Å². The van der Waals surface area contributed by atoms with Gasteiger partial charge in [0.05, 0.1) is 6.10 Å². The molecular weight excluding hydrogens is 216 g/mol. The van der Waals surface area contributed by atoms with E-state index in [4.69, 9.17) is 4.74 Å². The third-order valence-electron chi connectivity index (χ3n) is 2.95. The van der Waals surface area contributed by atoms with Crippen molar-refractivity contribution in [3.8, 4) is 0 Å². The van der Waals surface area contributed by atoms with Crippen LogP contribution >= 0.6 is 0 Å². The summed E-state index contributed by atoms with van der Waals surface area (Å²) in [5.74, 6) is 0.662. The Morgan fingerprint density at radius 1 is 1.12 bits per heavy atom. The minimum absolute atomic E-state index is 0.00794. The van der Waals surface area contributed by atoms with E-state index in [0.717, 1.165) is 6.42 Å². The summed E-state index contributed by atoms with van der Waals surface area (Å²) < 4.78 is 5.29. The van der Waals surface area contributed by atoms with Crippen LogP contribution in [0.3, 0.4) is 0 Å². The quantitative estimate of drug-likeness (QED) is 0.624. The van der Waals surface area contributed by atoms with Crippen LogP contribution in [-0.4, -0.2) is 24.8 Å². The molecule has 0 rings (SSSR count). The standard InChI is InChI=1S/C14H26O3/c1-6-14(16)11(4)8-12(15)9-13(17-5)7-10(2)3/h10-11,13H,6-9H2,1-5H3.